The van der Waals surface area contributed by atoms with E-state index in [-0.39, 0.29) is 11.2 Å². The minimum atomic E-state index is -0.160. The van der Waals surface area contributed by atoms with Crippen molar-refractivity contribution in [2.45, 2.75) is 57.5 Å². The van der Waals surface area contributed by atoms with Gasteiger partial charge in [0.25, 0.3) is 0 Å². The molecule has 3 heteroatoms. The Hall–Kier alpha value is -0.600. The number of piperidine rings is 1. The van der Waals surface area contributed by atoms with Crippen molar-refractivity contribution in [3.63, 3.8) is 0 Å². The van der Waals surface area contributed by atoms with Crippen LogP contribution in [0, 0.1) is 12.7 Å². The van der Waals surface area contributed by atoms with Gasteiger partial charge in [0, 0.05) is 18.6 Å². The predicted octanol–water partition coefficient (Wildman–Crippen LogP) is 4.68. The molecule has 3 atom stereocenters. The van der Waals surface area contributed by atoms with E-state index in [1.165, 1.54) is 25.3 Å². The highest BCUT2D eigenvalue weighted by Gasteiger charge is 2.26. The maximum atomic E-state index is 13.3. The normalized spacial score (nSPS) is 26.4. The van der Waals surface area contributed by atoms with Crippen molar-refractivity contribution in [3.05, 3.63) is 35.1 Å². The zero-order valence-corrected chi connectivity index (χ0v) is 12.8. The lowest BCUT2D eigenvalue weighted by Crippen LogP contribution is -2.45. The molecule has 1 saturated heterocycles. The fraction of sp³-hybridized carbons (Fsp3) is 0.625. The van der Waals surface area contributed by atoms with Gasteiger partial charge in [0.2, 0.25) is 0 Å². The summed E-state index contributed by atoms with van der Waals surface area (Å²) >= 11 is 6.53. The monoisotopic (exact) mass is 283 g/mol. The van der Waals surface area contributed by atoms with E-state index in [0.29, 0.717) is 17.6 Å². The van der Waals surface area contributed by atoms with Gasteiger partial charge in [-0.15, -0.1) is 11.6 Å². The fourth-order valence-electron chi connectivity index (χ4n) is 2.99. The number of rotatable bonds is 3. The number of benzene rings is 1. The average molecular weight is 284 g/mol. The second kappa shape index (κ2) is 6.23. The highest BCUT2D eigenvalue weighted by atomic mass is 35.5. The molecule has 1 fully saturated rings. The topological polar surface area (TPSA) is 3.24 Å². The molecule has 0 amide bonds. The maximum Gasteiger partial charge on any atom is 0.126 e. The van der Waals surface area contributed by atoms with Crippen molar-refractivity contribution >= 4 is 11.6 Å². The SMILES string of the molecule is Cc1cc(C(Cl)CN2C(C)CCCC2C)ccc1F. The number of alkyl halides is 1. The summed E-state index contributed by atoms with van der Waals surface area (Å²) in [6.45, 7) is 7.17. The highest BCUT2D eigenvalue weighted by molar-refractivity contribution is 6.21. The molecular formula is C16H23ClFN. The third-order valence-electron chi connectivity index (χ3n) is 4.29. The van der Waals surface area contributed by atoms with Crippen LogP contribution >= 0.6 is 11.6 Å². The Bertz CT molecular complexity index is 425. The number of halogens is 2. The van der Waals surface area contributed by atoms with Gasteiger partial charge in [0.05, 0.1) is 5.38 Å². The molecule has 0 bridgehead atoms. The number of hydrogen-bond acceptors (Lipinski definition) is 1. The molecule has 19 heavy (non-hydrogen) atoms. The Morgan fingerprint density at radius 1 is 1.32 bits per heavy atom. The van der Waals surface area contributed by atoms with Crippen LogP contribution in [0.2, 0.25) is 0 Å². The van der Waals surface area contributed by atoms with Crippen molar-refractivity contribution < 1.29 is 4.39 Å². The average Bonchev–Trinajstić information content (AvgIpc) is 2.37. The Balaban J connectivity index is 2.07. The first-order chi connectivity index (χ1) is 8.99. The van der Waals surface area contributed by atoms with Gasteiger partial charge < -0.3 is 0 Å². The molecule has 0 spiro atoms. The van der Waals surface area contributed by atoms with Crippen LogP contribution < -0.4 is 0 Å². The summed E-state index contributed by atoms with van der Waals surface area (Å²) in [5.41, 5.74) is 1.69. The van der Waals surface area contributed by atoms with Crippen molar-refractivity contribution in [1.82, 2.24) is 4.90 Å². The fourth-order valence-corrected chi connectivity index (χ4v) is 3.28. The molecule has 3 unspecified atom stereocenters. The summed E-state index contributed by atoms with van der Waals surface area (Å²) in [6.07, 6.45) is 3.80. The van der Waals surface area contributed by atoms with E-state index in [4.69, 9.17) is 11.6 Å². The first-order valence-electron chi connectivity index (χ1n) is 7.15. The van der Waals surface area contributed by atoms with E-state index in [1.54, 1.807) is 13.0 Å². The minimum absolute atomic E-state index is 0.0673. The lowest BCUT2D eigenvalue weighted by atomic mass is 9.96. The van der Waals surface area contributed by atoms with Crippen LogP contribution in [0.25, 0.3) is 0 Å². The van der Waals surface area contributed by atoms with Crippen molar-refractivity contribution in [2.75, 3.05) is 6.54 Å². The van der Waals surface area contributed by atoms with Crippen LogP contribution in [0.3, 0.4) is 0 Å². The van der Waals surface area contributed by atoms with E-state index >= 15 is 0 Å². The van der Waals surface area contributed by atoms with Gasteiger partial charge in [0.15, 0.2) is 0 Å². The smallest absolute Gasteiger partial charge is 0.126 e. The molecule has 0 aliphatic carbocycles. The molecule has 1 aromatic rings. The first-order valence-corrected chi connectivity index (χ1v) is 7.58. The Morgan fingerprint density at radius 2 is 1.95 bits per heavy atom. The highest BCUT2D eigenvalue weighted by Crippen LogP contribution is 2.29. The van der Waals surface area contributed by atoms with Gasteiger partial charge in [-0.2, -0.15) is 0 Å². The van der Waals surface area contributed by atoms with Crippen LogP contribution in [-0.2, 0) is 0 Å². The molecule has 0 N–H and O–H groups in total. The third-order valence-corrected chi connectivity index (χ3v) is 4.68. The molecule has 0 saturated carbocycles. The van der Waals surface area contributed by atoms with Crippen LogP contribution in [-0.4, -0.2) is 23.5 Å². The number of likely N-dealkylation sites (tertiary alicyclic amines) is 1. The molecule has 1 aromatic carbocycles. The summed E-state index contributed by atoms with van der Waals surface area (Å²) in [4.78, 5) is 2.49. The van der Waals surface area contributed by atoms with E-state index in [0.717, 1.165) is 12.1 Å². The van der Waals surface area contributed by atoms with Gasteiger partial charge in [-0.3, -0.25) is 4.90 Å². The van der Waals surface area contributed by atoms with Gasteiger partial charge in [-0.1, -0.05) is 18.6 Å². The van der Waals surface area contributed by atoms with Crippen LogP contribution in [0.15, 0.2) is 18.2 Å². The van der Waals surface area contributed by atoms with Gasteiger partial charge in [-0.25, -0.2) is 4.39 Å². The van der Waals surface area contributed by atoms with E-state index in [2.05, 4.69) is 18.7 Å². The zero-order valence-electron chi connectivity index (χ0n) is 12.0. The number of aryl methyl sites for hydroxylation is 1. The van der Waals surface area contributed by atoms with E-state index in [1.807, 2.05) is 6.07 Å². The third kappa shape index (κ3) is 3.49. The van der Waals surface area contributed by atoms with Crippen LogP contribution in [0.1, 0.15) is 49.6 Å². The summed E-state index contributed by atoms with van der Waals surface area (Å²) in [5, 5.41) is -0.0673. The first kappa shape index (κ1) is 14.8. The summed E-state index contributed by atoms with van der Waals surface area (Å²) in [7, 11) is 0. The molecule has 1 aliphatic heterocycles. The molecular weight excluding hydrogens is 261 g/mol. The van der Waals surface area contributed by atoms with Crippen molar-refractivity contribution in [2.24, 2.45) is 0 Å². The Kier molecular flexibility index (Phi) is 4.86. The summed E-state index contributed by atoms with van der Waals surface area (Å²) in [6, 6.07) is 6.37. The summed E-state index contributed by atoms with van der Waals surface area (Å²) in [5.74, 6) is -0.160. The molecule has 1 aliphatic rings. The van der Waals surface area contributed by atoms with Gasteiger partial charge in [0.1, 0.15) is 5.82 Å². The zero-order chi connectivity index (χ0) is 14.0. The second-order valence-corrected chi connectivity index (χ2v) is 6.33. The standard InChI is InChI=1S/C16H23ClFN/c1-11-9-14(7-8-16(11)18)15(17)10-19-12(2)5-4-6-13(19)3/h7-9,12-13,15H,4-6,10H2,1-3H3. The number of hydrogen-bond donors (Lipinski definition) is 0. The molecule has 106 valence electrons. The predicted molar refractivity (Wildman–Crippen MR) is 79.2 cm³/mol. The maximum absolute atomic E-state index is 13.3. The van der Waals surface area contributed by atoms with Crippen LogP contribution in [0.5, 0.6) is 0 Å². The minimum Gasteiger partial charge on any atom is -0.296 e. The number of nitrogens with zero attached hydrogens (tertiary/aromatic N) is 1. The molecule has 1 heterocycles. The van der Waals surface area contributed by atoms with Crippen molar-refractivity contribution in [3.8, 4) is 0 Å². The van der Waals surface area contributed by atoms with E-state index < -0.39 is 0 Å². The molecule has 1 nitrogen and oxygen atoms in total. The van der Waals surface area contributed by atoms with Gasteiger partial charge in [-0.05, 0) is 50.8 Å². The van der Waals surface area contributed by atoms with Crippen molar-refractivity contribution in [1.29, 1.82) is 0 Å². The Labute approximate surface area is 120 Å². The molecule has 0 aromatic heterocycles. The second-order valence-electron chi connectivity index (χ2n) is 5.80. The Morgan fingerprint density at radius 3 is 2.53 bits per heavy atom. The largest absolute Gasteiger partial charge is 0.296 e. The molecule has 0 radical (unpaired) electrons. The van der Waals surface area contributed by atoms with Gasteiger partial charge >= 0.3 is 0 Å². The lowest BCUT2D eigenvalue weighted by Gasteiger charge is -2.40. The van der Waals surface area contributed by atoms with Crippen LogP contribution in [0.4, 0.5) is 4.39 Å². The summed E-state index contributed by atoms with van der Waals surface area (Å²) < 4.78 is 13.3. The quantitative estimate of drug-likeness (QED) is 0.728. The molecule has 2 rings (SSSR count). The lowest BCUT2D eigenvalue weighted by molar-refractivity contribution is 0.103. The van der Waals surface area contributed by atoms with E-state index in [9.17, 15) is 4.39 Å².